The fourth-order valence-electron chi connectivity index (χ4n) is 1.57. The summed E-state index contributed by atoms with van der Waals surface area (Å²) in [5.74, 6) is 2.15. The highest BCUT2D eigenvalue weighted by molar-refractivity contribution is 7.83. The van der Waals surface area contributed by atoms with Crippen LogP contribution in [0.4, 0.5) is 0 Å². The summed E-state index contributed by atoms with van der Waals surface area (Å²) in [7, 11) is 0.431. The summed E-state index contributed by atoms with van der Waals surface area (Å²) in [5.41, 5.74) is 0.875. The van der Waals surface area contributed by atoms with Gasteiger partial charge >= 0.3 is 0 Å². The topological polar surface area (TPSA) is 65.2 Å². The molecule has 2 aromatic rings. The highest BCUT2D eigenvalue weighted by atomic mass is 35.5. The van der Waals surface area contributed by atoms with Gasteiger partial charge in [-0.15, -0.1) is 0 Å². The predicted molar refractivity (Wildman–Crippen MR) is 72.6 cm³/mol. The molecule has 0 aliphatic heterocycles. The maximum Gasteiger partial charge on any atom is 0.239 e. The van der Waals surface area contributed by atoms with Gasteiger partial charge in [0.15, 0.2) is 5.82 Å². The van der Waals surface area contributed by atoms with E-state index in [-0.39, 0.29) is 5.75 Å². The van der Waals surface area contributed by atoms with Gasteiger partial charge in [-0.2, -0.15) is 4.98 Å². The van der Waals surface area contributed by atoms with Crippen LogP contribution in [0.15, 0.2) is 22.7 Å². The molecule has 0 fully saturated rings. The third-order valence-electron chi connectivity index (χ3n) is 2.40. The number of methoxy groups -OCH3 is 1. The number of halogens is 1. The van der Waals surface area contributed by atoms with Gasteiger partial charge in [-0.25, -0.2) is 0 Å². The van der Waals surface area contributed by atoms with Crippen LogP contribution < -0.4 is 4.74 Å². The Balaban J connectivity index is 2.00. The average molecular weight is 301 g/mol. The zero-order chi connectivity index (χ0) is 13.8. The molecule has 0 aliphatic carbocycles. The van der Waals surface area contributed by atoms with Crippen LogP contribution in [-0.4, -0.2) is 21.5 Å². The molecule has 0 unspecified atom stereocenters. The van der Waals surface area contributed by atoms with E-state index >= 15 is 0 Å². The zero-order valence-corrected chi connectivity index (χ0v) is 12.1. The minimum absolute atomic E-state index is 0.241. The summed E-state index contributed by atoms with van der Waals surface area (Å²) >= 11 is 6.01. The first kappa shape index (κ1) is 14.0. The number of ether oxygens (including phenoxy) is 1. The summed E-state index contributed by atoms with van der Waals surface area (Å²) in [5, 5.41) is 4.16. The maximum atomic E-state index is 12.0. The Kier molecular flexibility index (Phi) is 4.55. The van der Waals surface area contributed by atoms with Crippen molar-refractivity contribution in [2.24, 2.45) is 0 Å². The number of hydrogen-bond acceptors (Lipinski definition) is 5. The van der Waals surface area contributed by atoms with E-state index in [1.54, 1.807) is 26.2 Å². The molecule has 19 heavy (non-hydrogen) atoms. The van der Waals surface area contributed by atoms with Crippen LogP contribution in [-0.2, 0) is 22.3 Å². The molecule has 2 rings (SSSR count). The Hall–Kier alpha value is -1.40. The lowest BCUT2D eigenvalue weighted by atomic mass is 10.2. The first-order valence-corrected chi connectivity index (χ1v) is 7.41. The largest absolute Gasteiger partial charge is 0.495 e. The second-order valence-corrected chi connectivity index (χ2v) is 5.80. The molecule has 0 amide bonds. The third-order valence-corrected chi connectivity index (χ3v) is 3.92. The van der Waals surface area contributed by atoms with E-state index in [0.717, 1.165) is 5.56 Å². The van der Waals surface area contributed by atoms with Crippen molar-refractivity contribution in [3.63, 3.8) is 0 Å². The van der Waals surface area contributed by atoms with Crippen molar-refractivity contribution in [2.45, 2.75) is 18.4 Å². The van der Waals surface area contributed by atoms with E-state index < -0.39 is 10.8 Å². The van der Waals surface area contributed by atoms with Gasteiger partial charge in [-0.1, -0.05) is 22.8 Å². The summed E-state index contributed by atoms with van der Waals surface area (Å²) in [6.07, 6.45) is 0. The van der Waals surface area contributed by atoms with Gasteiger partial charge < -0.3 is 9.26 Å². The Morgan fingerprint density at radius 1 is 1.42 bits per heavy atom. The Bertz CT molecular complexity index is 600. The highest BCUT2D eigenvalue weighted by Crippen LogP contribution is 2.25. The Morgan fingerprint density at radius 2 is 2.21 bits per heavy atom. The monoisotopic (exact) mass is 300 g/mol. The van der Waals surface area contributed by atoms with Crippen molar-refractivity contribution in [1.82, 2.24) is 10.1 Å². The minimum Gasteiger partial charge on any atom is -0.495 e. The number of aromatic nitrogens is 2. The van der Waals surface area contributed by atoms with Crippen molar-refractivity contribution in [3.8, 4) is 5.75 Å². The Labute approximate surface area is 118 Å². The van der Waals surface area contributed by atoms with Crippen LogP contribution in [0.3, 0.4) is 0 Å². The van der Waals surface area contributed by atoms with E-state index in [1.165, 1.54) is 0 Å². The first-order chi connectivity index (χ1) is 9.08. The second kappa shape index (κ2) is 6.16. The molecule has 1 heterocycles. The highest BCUT2D eigenvalue weighted by Gasteiger charge is 2.10. The second-order valence-electron chi connectivity index (χ2n) is 3.93. The zero-order valence-electron chi connectivity index (χ0n) is 10.6. The fraction of sp³-hybridized carbons (Fsp3) is 0.333. The van der Waals surface area contributed by atoms with Gasteiger partial charge in [-0.3, -0.25) is 4.21 Å². The summed E-state index contributed by atoms with van der Waals surface area (Å²) in [6.45, 7) is 1.72. The molecule has 0 N–H and O–H groups in total. The van der Waals surface area contributed by atoms with Crippen LogP contribution in [0, 0.1) is 6.92 Å². The Morgan fingerprint density at radius 3 is 2.79 bits per heavy atom. The number of benzene rings is 1. The molecule has 0 spiro atoms. The van der Waals surface area contributed by atoms with Gasteiger partial charge in [0.2, 0.25) is 5.89 Å². The molecule has 7 heteroatoms. The molecule has 5 nitrogen and oxygen atoms in total. The summed E-state index contributed by atoms with van der Waals surface area (Å²) in [4.78, 5) is 4.02. The normalized spacial score (nSPS) is 12.4. The van der Waals surface area contributed by atoms with Gasteiger partial charge in [0.05, 0.1) is 12.1 Å². The maximum absolute atomic E-state index is 12.0. The SMILES string of the molecule is COc1ccc(C[S@](=O)Cc2nc(C)no2)cc1Cl. The smallest absolute Gasteiger partial charge is 0.239 e. The lowest BCUT2D eigenvalue weighted by molar-refractivity contribution is 0.386. The number of rotatable bonds is 5. The molecular weight excluding hydrogens is 288 g/mol. The van der Waals surface area contributed by atoms with Crippen LogP contribution >= 0.6 is 11.6 Å². The summed E-state index contributed by atoms with van der Waals surface area (Å²) in [6, 6.07) is 5.34. The minimum atomic E-state index is -1.12. The van der Waals surface area contributed by atoms with Crippen LogP contribution in [0.2, 0.25) is 5.02 Å². The van der Waals surface area contributed by atoms with Crippen molar-refractivity contribution in [2.75, 3.05) is 7.11 Å². The van der Waals surface area contributed by atoms with E-state index in [2.05, 4.69) is 10.1 Å². The van der Waals surface area contributed by atoms with Gasteiger partial charge in [0.25, 0.3) is 0 Å². The number of nitrogens with zero attached hydrogens (tertiary/aromatic N) is 2. The summed E-state index contributed by atoms with van der Waals surface area (Å²) < 4.78 is 22.0. The predicted octanol–water partition coefficient (Wildman–Crippen LogP) is 2.49. The molecule has 0 saturated carbocycles. The fourth-order valence-corrected chi connectivity index (χ4v) is 2.90. The van der Waals surface area contributed by atoms with Crippen molar-refractivity contribution in [1.29, 1.82) is 0 Å². The van der Waals surface area contributed by atoms with Gasteiger partial charge in [0.1, 0.15) is 11.5 Å². The van der Waals surface area contributed by atoms with Crippen molar-refractivity contribution < 1.29 is 13.5 Å². The van der Waals surface area contributed by atoms with Gasteiger partial charge in [0, 0.05) is 16.6 Å². The molecule has 1 atom stereocenters. The van der Waals surface area contributed by atoms with Crippen LogP contribution in [0.25, 0.3) is 0 Å². The molecule has 0 radical (unpaired) electrons. The van der Waals surface area contributed by atoms with E-state index in [0.29, 0.717) is 28.2 Å². The van der Waals surface area contributed by atoms with E-state index in [4.69, 9.17) is 20.9 Å². The van der Waals surface area contributed by atoms with Gasteiger partial charge in [-0.05, 0) is 24.6 Å². The molecule has 0 saturated heterocycles. The van der Waals surface area contributed by atoms with E-state index in [1.807, 2.05) is 6.07 Å². The van der Waals surface area contributed by atoms with Crippen molar-refractivity contribution in [3.05, 3.63) is 40.5 Å². The molecule has 0 aliphatic rings. The van der Waals surface area contributed by atoms with E-state index in [9.17, 15) is 4.21 Å². The quantitative estimate of drug-likeness (QED) is 0.849. The standard InChI is InChI=1S/C12H13ClN2O3S/c1-8-14-12(18-15-8)7-19(16)6-9-3-4-11(17-2)10(13)5-9/h3-5H,6-7H2,1-2H3/t19-/m0/s1. The number of aryl methyl sites for hydroxylation is 1. The van der Waals surface area contributed by atoms with Crippen molar-refractivity contribution >= 4 is 22.4 Å². The molecular formula is C12H13ClN2O3S. The lowest BCUT2D eigenvalue weighted by Crippen LogP contribution is -2.00. The van der Waals surface area contributed by atoms with Crippen LogP contribution in [0.1, 0.15) is 17.3 Å². The molecule has 1 aromatic carbocycles. The molecule has 0 bridgehead atoms. The number of hydrogen-bond donors (Lipinski definition) is 0. The van der Waals surface area contributed by atoms with Crippen LogP contribution in [0.5, 0.6) is 5.75 Å². The molecule has 102 valence electrons. The first-order valence-electron chi connectivity index (χ1n) is 5.55. The average Bonchev–Trinajstić information content (AvgIpc) is 2.74. The third kappa shape index (κ3) is 3.78. The lowest BCUT2D eigenvalue weighted by Gasteiger charge is -2.05. The molecule has 1 aromatic heterocycles.